The Kier molecular flexibility index (Phi) is 5.02. The second kappa shape index (κ2) is 8.14. The van der Waals surface area contributed by atoms with E-state index in [0.29, 0.717) is 42.7 Å². The summed E-state index contributed by atoms with van der Waals surface area (Å²) in [7, 11) is 0. The summed E-state index contributed by atoms with van der Waals surface area (Å²) < 4.78 is 16.6. The van der Waals surface area contributed by atoms with Crippen LogP contribution in [-0.2, 0) is 16.0 Å². The molecule has 162 valence electrons. The van der Waals surface area contributed by atoms with Gasteiger partial charge in [-0.2, -0.15) is 0 Å². The highest BCUT2D eigenvalue weighted by Gasteiger charge is 2.30. The third kappa shape index (κ3) is 3.89. The first kappa shape index (κ1) is 19.7. The van der Waals surface area contributed by atoms with Crippen LogP contribution in [0.25, 0.3) is 0 Å². The van der Waals surface area contributed by atoms with Gasteiger partial charge >= 0.3 is 6.01 Å². The summed E-state index contributed by atoms with van der Waals surface area (Å²) in [5.74, 6) is 0.607. The van der Waals surface area contributed by atoms with Gasteiger partial charge in [-0.05, 0) is 35.9 Å². The van der Waals surface area contributed by atoms with Gasteiger partial charge in [-0.15, -0.1) is 5.10 Å². The first-order valence-electron chi connectivity index (χ1n) is 10.0. The molecule has 1 N–H and O–H groups in total. The average molecular weight is 434 g/mol. The molecule has 5 rings (SSSR count). The van der Waals surface area contributed by atoms with E-state index in [1.807, 2.05) is 18.2 Å². The van der Waals surface area contributed by atoms with E-state index in [1.165, 1.54) is 6.07 Å². The molecule has 1 aromatic heterocycles. The molecule has 2 aliphatic heterocycles. The number of nitrogens with zero attached hydrogens (tertiary/aromatic N) is 3. The van der Waals surface area contributed by atoms with Crippen LogP contribution in [0.1, 0.15) is 34.7 Å². The molecule has 2 aliphatic rings. The minimum Gasteiger partial charge on any atom is -0.486 e. The first-order valence-corrected chi connectivity index (χ1v) is 10.0. The maximum Gasteiger partial charge on any atom is 0.322 e. The monoisotopic (exact) mass is 434 g/mol. The molecule has 0 bridgehead atoms. The lowest BCUT2D eigenvalue weighted by Gasteiger charge is -2.18. The van der Waals surface area contributed by atoms with E-state index in [2.05, 4.69) is 15.5 Å². The minimum absolute atomic E-state index is 0.0544. The number of carbonyl (C=O) groups is 3. The Bertz CT molecular complexity index is 1200. The number of carbonyl (C=O) groups excluding carboxylic acids is 3. The van der Waals surface area contributed by atoms with Crippen LogP contribution >= 0.6 is 0 Å². The fraction of sp³-hybridized carbons (Fsp3) is 0.227. The summed E-state index contributed by atoms with van der Waals surface area (Å²) in [4.78, 5) is 37.6. The predicted octanol–water partition coefficient (Wildman–Crippen LogP) is 2.34. The summed E-state index contributed by atoms with van der Waals surface area (Å²) in [6.07, 6.45) is 0.695. The van der Waals surface area contributed by atoms with Crippen molar-refractivity contribution in [3.05, 3.63) is 59.5 Å². The van der Waals surface area contributed by atoms with Crippen molar-refractivity contribution in [2.75, 3.05) is 23.4 Å². The van der Waals surface area contributed by atoms with Crippen LogP contribution in [0.4, 0.5) is 11.7 Å². The third-order valence-corrected chi connectivity index (χ3v) is 5.07. The standard InChI is InChI=1S/C22H18N4O6/c27-19-6-7-20(28)26(19)15-3-1-2-14(12-15)21(29)23-22-25-24-18(32-22)11-13-4-5-16-17(10-13)31-9-8-30-16/h1-5,10,12H,6-9,11H2,(H,23,25,29). The number of anilines is 2. The maximum absolute atomic E-state index is 12.6. The van der Waals surface area contributed by atoms with Crippen molar-refractivity contribution in [3.8, 4) is 11.5 Å². The van der Waals surface area contributed by atoms with Crippen LogP contribution in [0.5, 0.6) is 11.5 Å². The highest BCUT2D eigenvalue weighted by Crippen LogP contribution is 2.31. The molecule has 0 spiro atoms. The molecular formula is C22H18N4O6. The summed E-state index contributed by atoms with van der Waals surface area (Å²) in [5, 5.41) is 10.4. The number of hydrogen-bond donors (Lipinski definition) is 1. The number of aromatic nitrogens is 2. The van der Waals surface area contributed by atoms with Gasteiger partial charge < -0.3 is 13.9 Å². The van der Waals surface area contributed by atoms with Gasteiger partial charge in [0.25, 0.3) is 5.91 Å². The molecule has 0 radical (unpaired) electrons. The molecule has 0 atom stereocenters. The maximum atomic E-state index is 12.6. The quantitative estimate of drug-likeness (QED) is 0.607. The molecule has 3 aromatic rings. The van der Waals surface area contributed by atoms with E-state index < -0.39 is 5.91 Å². The van der Waals surface area contributed by atoms with E-state index in [1.54, 1.807) is 18.2 Å². The van der Waals surface area contributed by atoms with Gasteiger partial charge in [-0.25, -0.2) is 0 Å². The van der Waals surface area contributed by atoms with Gasteiger partial charge in [0, 0.05) is 18.4 Å². The third-order valence-electron chi connectivity index (χ3n) is 5.07. The van der Waals surface area contributed by atoms with Gasteiger partial charge in [0.15, 0.2) is 11.5 Å². The zero-order chi connectivity index (χ0) is 22.1. The van der Waals surface area contributed by atoms with Crippen molar-refractivity contribution in [1.29, 1.82) is 0 Å². The summed E-state index contributed by atoms with van der Waals surface area (Å²) >= 11 is 0. The number of hydrogen-bond acceptors (Lipinski definition) is 8. The van der Waals surface area contributed by atoms with Crippen molar-refractivity contribution in [2.45, 2.75) is 19.3 Å². The second-order valence-electron chi connectivity index (χ2n) is 7.28. The van der Waals surface area contributed by atoms with Crippen molar-refractivity contribution in [2.24, 2.45) is 0 Å². The van der Waals surface area contributed by atoms with Crippen molar-refractivity contribution in [3.63, 3.8) is 0 Å². The normalized spacial score (nSPS) is 15.2. The molecule has 2 aromatic carbocycles. The Labute approximate surface area is 182 Å². The molecular weight excluding hydrogens is 416 g/mol. The van der Waals surface area contributed by atoms with Crippen LogP contribution in [-0.4, -0.2) is 41.1 Å². The first-order chi connectivity index (χ1) is 15.6. The highest BCUT2D eigenvalue weighted by atomic mass is 16.6. The Morgan fingerprint density at radius 3 is 2.56 bits per heavy atom. The van der Waals surface area contributed by atoms with Crippen molar-refractivity contribution in [1.82, 2.24) is 10.2 Å². The van der Waals surface area contributed by atoms with E-state index in [0.717, 1.165) is 10.5 Å². The summed E-state index contributed by atoms with van der Waals surface area (Å²) in [6, 6.07) is 11.7. The molecule has 1 saturated heterocycles. The van der Waals surface area contributed by atoms with Crippen LogP contribution in [0.15, 0.2) is 46.9 Å². The lowest BCUT2D eigenvalue weighted by Crippen LogP contribution is -2.28. The van der Waals surface area contributed by atoms with Crippen LogP contribution in [0.2, 0.25) is 0 Å². The van der Waals surface area contributed by atoms with Crippen LogP contribution in [0.3, 0.4) is 0 Å². The Morgan fingerprint density at radius 1 is 0.969 bits per heavy atom. The van der Waals surface area contributed by atoms with Gasteiger partial charge in [0.1, 0.15) is 13.2 Å². The van der Waals surface area contributed by atoms with Gasteiger partial charge in [0.2, 0.25) is 17.7 Å². The van der Waals surface area contributed by atoms with Crippen LogP contribution < -0.4 is 19.7 Å². The number of imide groups is 1. The fourth-order valence-corrected chi connectivity index (χ4v) is 3.57. The molecule has 3 heterocycles. The molecule has 1 fully saturated rings. The summed E-state index contributed by atoms with van der Waals surface area (Å²) in [6.45, 7) is 1.01. The van der Waals surface area contributed by atoms with E-state index >= 15 is 0 Å². The zero-order valence-corrected chi connectivity index (χ0v) is 16.9. The number of rotatable bonds is 5. The average Bonchev–Trinajstić information content (AvgIpc) is 3.38. The molecule has 10 nitrogen and oxygen atoms in total. The number of fused-ring (bicyclic) bond motifs is 1. The van der Waals surface area contributed by atoms with Crippen molar-refractivity contribution < 1.29 is 28.3 Å². The van der Waals surface area contributed by atoms with Crippen LogP contribution in [0, 0.1) is 0 Å². The number of amides is 3. The molecule has 0 saturated carbocycles. The van der Waals surface area contributed by atoms with E-state index in [4.69, 9.17) is 13.9 Å². The highest BCUT2D eigenvalue weighted by molar-refractivity contribution is 6.20. The lowest BCUT2D eigenvalue weighted by molar-refractivity contribution is -0.121. The fourth-order valence-electron chi connectivity index (χ4n) is 3.57. The van der Waals surface area contributed by atoms with E-state index in [-0.39, 0.29) is 36.2 Å². The Balaban J connectivity index is 1.27. The lowest BCUT2D eigenvalue weighted by atomic mass is 10.1. The van der Waals surface area contributed by atoms with Gasteiger partial charge in [-0.3, -0.25) is 24.6 Å². The molecule has 0 unspecified atom stereocenters. The Hall–Kier alpha value is -4.21. The van der Waals surface area contributed by atoms with Gasteiger partial charge in [0.05, 0.1) is 12.1 Å². The number of nitrogens with one attached hydrogen (secondary N) is 1. The minimum atomic E-state index is -0.500. The zero-order valence-electron chi connectivity index (χ0n) is 16.9. The number of ether oxygens (including phenoxy) is 2. The second-order valence-corrected chi connectivity index (χ2v) is 7.28. The molecule has 0 aliphatic carbocycles. The Morgan fingerprint density at radius 2 is 1.75 bits per heavy atom. The molecule has 10 heteroatoms. The van der Waals surface area contributed by atoms with Gasteiger partial charge in [-0.1, -0.05) is 17.2 Å². The number of benzene rings is 2. The van der Waals surface area contributed by atoms with Crippen molar-refractivity contribution >= 4 is 29.4 Å². The molecule has 3 amide bonds. The van der Waals surface area contributed by atoms with E-state index in [9.17, 15) is 14.4 Å². The SMILES string of the molecule is O=C(Nc1nnc(Cc2ccc3c(c2)OCCO3)o1)c1cccc(N2C(=O)CCC2=O)c1. The predicted molar refractivity (Wildman–Crippen MR) is 111 cm³/mol. The topological polar surface area (TPSA) is 124 Å². The smallest absolute Gasteiger partial charge is 0.322 e. The largest absolute Gasteiger partial charge is 0.486 e. The molecule has 32 heavy (non-hydrogen) atoms. The summed E-state index contributed by atoms with van der Waals surface area (Å²) in [5.41, 5.74) is 1.50.